The Balaban J connectivity index is 2.03. The predicted octanol–water partition coefficient (Wildman–Crippen LogP) is -0.562. The Hall–Kier alpha value is -2.38. The van der Waals surface area contributed by atoms with Crippen LogP contribution in [0.2, 0.25) is 0 Å². The van der Waals surface area contributed by atoms with Crippen LogP contribution < -0.4 is 16.6 Å². The van der Waals surface area contributed by atoms with Gasteiger partial charge in [0.15, 0.2) is 0 Å². The fraction of sp³-hybridized carbons (Fsp3) is 0.500. The summed E-state index contributed by atoms with van der Waals surface area (Å²) in [5.74, 6) is -1.49. The van der Waals surface area contributed by atoms with Crippen LogP contribution in [-0.2, 0) is 4.79 Å². The minimum absolute atomic E-state index is 0.000821. The summed E-state index contributed by atoms with van der Waals surface area (Å²) in [6.07, 6.45) is 2.42. The number of hydrogen-bond acceptors (Lipinski definition) is 4. The number of rotatable bonds is 5. The monoisotopic (exact) mass is 281 g/mol. The Morgan fingerprint density at radius 3 is 2.50 bits per heavy atom. The molecule has 4 N–H and O–H groups in total. The number of carboxylic acid groups (broad SMARTS) is 1. The van der Waals surface area contributed by atoms with Crippen molar-refractivity contribution >= 4 is 11.9 Å². The summed E-state index contributed by atoms with van der Waals surface area (Å²) in [5.41, 5.74) is -1.97. The largest absolute Gasteiger partial charge is 0.481 e. The lowest BCUT2D eigenvalue weighted by Gasteiger charge is -2.40. The normalized spacial score (nSPS) is 16.2. The van der Waals surface area contributed by atoms with Crippen LogP contribution >= 0.6 is 0 Å². The fourth-order valence-electron chi connectivity index (χ4n) is 2.37. The van der Waals surface area contributed by atoms with Gasteiger partial charge in [-0.1, -0.05) is 6.42 Å². The van der Waals surface area contributed by atoms with E-state index < -0.39 is 28.5 Å². The van der Waals surface area contributed by atoms with E-state index in [2.05, 4.69) is 10.3 Å². The lowest BCUT2D eigenvalue weighted by molar-refractivity contribution is -0.141. The van der Waals surface area contributed by atoms with Crippen LogP contribution in [0.15, 0.2) is 15.7 Å². The molecule has 0 aliphatic heterocycles. The van der Waals surface area contributed by atoms with Gasteiger partial charge in [0.25, 0.3) is 11.5 Å². The summed E-state index contributed by atoms with van der Waals surface area (Å²) < 4.78 is 0. The molecule has 1 saturated carbocycles. The van der Waals surface area contributed by atoms with Crippen molar-refractivity contribution in [2.45, 2.75) is 25.7 Å². The Labute approximate surface area is 113 Å². The predicted molar refractivity (Wildman–Crippen MR) is 68.6 cm³/mol. The molecular formula is C12H15N3O5. The second kappa shape index (κ2) is 5.32. The molecule has 108 valence electrons. The number of hydrogen-bond donors (Lipinski definition) is 4. The average molecular weight is 281 g/mol. The zero-order chi connectivity index (χ0) is 14.8. The zero-order valence-corrected chi connectivity index (χ0v) is 10.7. The van der Waals surface area contributed by atoms with Crippen molar-refractivity contribution in [2.24, 2.45) is 5.41 Å². The molecule has 1 aromatic heterocycles. The van der Waals surface area contributed by atoms with E-state index in [4.69, 9.17) is 5.11 Å². The van der Waals surface area contributed by atoms with Crippen molar-refractivity contribution in [1.82, 2.24) is 15.3 Å². The first-order valence-corrected chi connectivity index (χ1v) is 6.24. The van der Waals surface area contributed by atoms with Gasteiger partial charge >= 0.3 is 11.7 Å². The van der Waals surface area contributed by atoms with Crippen LogP contribution in [0.3, 0.4) is 0 Å². The van der Waals surface area contributed by atoms with Crippen LogP contribution in [0.4, 0.5) is 0 Å². The van der Waals surface area contributed by atoms with Crippen LogP contribution in [0.25, 0.3) is 0 Å². The topological polar surface area (TPSA) is 132 Å². The van der Waals surface area contributed by atoms with Crippen LogP contribution in [0.5, 0.6) is 0 Å². The van der Waals surface area contributed by atoms with Gasteiger partial charge in [0, 0.05) is 12.6 Å². The lowest BCUT2D eigenvalue weighted by Crippen LogP contribution is -2.44. The number of amides is 1. The molecule has 8 heteroatoms. The summed E-state index contributed by atoms with van der Waals surface area (Å²) in [5, 5.41) is 11.4. The molecule has 0 saturated heterocycles. The van der Waals surface area contributed by atoms with Gasteiger partial charge in [-0.15, -0.1) is 0 Å². The maximum atomic E-state index is 11.8. The van der Waals surface area contributed by atoms with Crippen LogP contribution in [-0.4, -0.2) is 33.5 Å². The first-order valence-electron chi connectivity index (χ1n) is 6.24. The third kappa shape index (κ3) is 3.14. The number of H-pyrrole nitrogens is 2. The van der Waals surface area contributed by atoms with Gasteiger partial charge < -0.3 is 15.4 Å². The van der Waals surface area contributed by atoms with E-state index in [1.54, 1.807) is 0 Å². The number of nitrogens with one attached hydrogen (secondary N) is 3. The molecule has 8 nitrogen and oxygen atoms in total. The van der Waals surface area contributed by atoms with Crippen molar-refractivity contribution < 1.29 is 14.7 Å². The molecule has 1 heterocycles. The van der Waals surface area contributed by atoms with Crippen molar-refractivity contribution in [1.29, 1.82) is 0 Å². The Kier molecular flexibility index (Phi) is 3.73. The van der Waals surface area contributed by atoms with Gasteiger partial charge in [-0.05, 0) is 18.3 Å². The van der Waals surface area contributed by atoms with Gasteiger partial charge in [0.1, 0.15) is 5.69 Å². The Morgan fingerprint density at radius 2 is 2.00 bits per heavy atom. The summed E-state index contributed by atoms with van der Waals surface area (Å²) in [4.78, 5) is 49.0. The molecule has 0 radical (unpaired) electrons. The van der Waals surface area contributed by atoms with E-state index in [0.29, 0.717) is 0 Å². The third-order valence-electron chi connectivity index (χ3n) is 3.57. The maximum Gasteiger partial charge on any atom is 0.326 e. The Morgan fingerprint density at radius 1 is 1.30 bits per heavy atom. The second-order valence-electron chi connectivity index (χ2n) is 5.11. The van der Waals surface area contributed by atoms with E-state index in [1.165, 1.54) is 0 Å². The summed E-state index contributed by atoms with van der Waals surface area (Å²) in [6, 6.07) is 0.987. The molecule has 1 aliphatic carbocycles. The van der Waals surface area contributed by atoms with Gasteiger partial charge in [0.2, 0.25) is 0 Å². The summed E-state index contributed by atoms with van der Waals surface area (Å²) in [6.45, 7) is 0.215. The van der Waals surface area contributed by atoms with Gasteiger partial charge in [-0.3, -0.25) is 19.4 Å². The third-order valence-corrected chi connectivity index (χ3v) is 3.57. The first kappa shape index (κ1) is 14.0. The standard InChI is InChI=1S/C12H15N3O5/c16-8-4-7(14-11(20)15-8)10(19)13-6-12(2-1-3-12)5-9(17)18/h4H,1-3,5-6H2,(H,13,19)(H,17,18)(H2,14,15,16,20). The van der Waals surface area contributed by atoms with Crippen molar-refractivity contribution in [3.63, 3.8) is 0 Å². The van der Waals surface area contributed by atoms with E-state index in [9.17, 15) is 19.2 Å². The van der Waals surface area contributed by atoms with E-state index in [0.717, 1.165) is 25.3 Å². The minimum Gasteiger partial charge on any atom is -0.481 e. The van der Waals surface area contributed by atoms with Crippen molar-refractivity contribution in [3.8, 4) is 0 Å². The lowest BCUT2D eigenvalue weighted by atomic mass is 9.66. The quantitative estimate of drug-likeness (QED) is 0.574. The highest BCUT2D eigenvalue weighted by Gasteiger charge is 2.39. The molecule has 1 fully saturated rings. The van der Waals surface area contributed by atoms with E-state index >= 15 is 0 Å². The molecule has 20 heavy (non-hydrogen) atoms. The smallest absolute Gasteiger partial charge is 0.326 e. The van der Waals surface area contributed by atoms with Crippen molar-refractivity contribution in [3.05, 3.63) is 32.6 Å². The number of carboxylic acids is 1. The van der Waals surface area contributed by atoms with Gasteiger partial charge in [-0.2, -0.15) is 0 Å². The average Bonchev–Trinajstić information content (AvgIpc) is 2.30. The van der Waals surface area contributed by atoms with Crippen LogP contribution in [0, 0.1) is 5.41 Å². The first-order chi connectivity index (χ1) is 9.40. The molecular weight excluding hydrogens is 266 g/mol. The second-order valence-corrected chi connectivity index (χ2v) is 5.11. The highest BCUT2D eigenvalue weighted by Crippen LogP contribution is 2.43. The summed E-state index contributed by atoms with van der Waals surface area (Å²) >= 11 is 0. The van der Waals surface area contributed by atoms with Crippen LogP contribution in [0.1, 0.15) is 36.2 Å². The highest BCUT2D eigenvalue weighted by molar-refractivity contribution is 5.92. The van der Waals surface area contributed by atoms with E-state index in [1.807, 2.05) is 4.98 Å². The zero-order valence-electron chi connectivity index (χ0n) is 10.7. The molecule has 1 amide bonds. The molecule has 2 rings (SSSR count). The maximum absolute atomic E-state index is 11.8. The molecule has 0 bridgehead atoms. The SMILES string of the molecule is O=C(O)CC1(CNC(=O)c2cc(=O)[nH]c(=O)[nH]2)CCC1. The minimum atomic E-state index is -0.900. The van der Waals surface area contributed by atoms with Gasteiger partial charge in [-0.25, -0.2) is 4.79 Å². The number of aliphatic carboxylic acids is 1. The number of carbonyl (C=O) groups is 2. The molecule has 0 aromatic carbocycles. The fourth-order valence-corrected chi connectivity index (χ4v) is 2.37. The molecule has 1 aromatic rings. The molecule has 0 unspecified atom stereocenters. The van der Waals surface area contributed by atoms with Crippen molar-refractivity contribution in [2.75, 3.05) is 6.54 Å². The molecule has 1 aliphatic rings. The number of carbonyl (C=O) groups excluding carboxylic acids is 1. The van der Waals surface area contributed by atoms with E-state index in [-0.39, 0.29) is 18.7 Å². The summed E-state index contributed by atoms with van der Waals surface area (Å²) in [7, 11) is 0. The van der Waals surface area contributed by atoms with Gasteiger partial charge in [0.05, 0.1) is 6.42 Å². The number of aromatic nitrogens is 2. The molecule has 0 atom stereocenters. The molecule has 0 spiro atoms. The Bertz CT molecular complexity index is 613. The highest BCUT2D eigenvalue weighted by atomic mass is 16.4. The number of aromatic amines is 2.